The quantitative estimate of drug-likeness (QED) is 0.816. The molecule has 2 nitrogen and oxygen atoms in total. The topological polar surface area (TPSA) is 28.1 Å². The Labute approximate surface area is 110 Å². The van der Waals surface area contributed by atoms with Crippen LogP contribution in [0, 0.1) is 13.8 Å². The zero-order valence-electron chi connectivity index (χ0n) is 12.0. The third kappa shape index (κ3) is 2.07. The summed E-state index contributed by atoms with van der Waals surface area (Å²) in [4.78, 5) is 7.98. The molecule has 0 saturated carbocycles. The maximum Gasteiger partial charge on any atom is 0.0682 e. The number of aryl methyl sites for hydroxylation is 1. The van der Waals surface area contributed by atoms with Crippen molar-refractivity contribution in [3.05, 3.63) is 39.4 Å². The second kappa shape index (κ2) is 4.97. The number of hydrogen-bond donors (Lipinski definition) is 1. The number of aliphatic imine (C=N–C) groups is 1. The van der Waals surface area contributed by atoms with Crippen molar-refractivity contribution in [3.63, 3.8) is 0 Å². The Hall–Kier alpha value is -1.57. The Balaban J connectivity index is 2.42. The molecule has 1 aliphatic heterocycles. The van der Waals surface area contributed by atoms with Crippen LogP contribution < -0.4 is 0 Å². The molecule has 0 aliphatic carbocycles. The number of aromatic amines is 1. The number of H-pyrrole nitrogens is 1. The molecule has 1 aromatic heterocycles. The monoisotopic (exact) mass is 242 g/mol. The molecule has 1 N–H and O–H groups in total. The molecule has 1 aliphatic rings. The molecule has 1 aromatic rings. The Morgan fingerprint density at radius 3 is 2.39 bits per heavy atom. The molecule has 0 aromatic carbocycles. The van der Waals surface area contributed by atoms with E-state index in [1.54, 1.807) is 0 Å². The van der Waals surface area contributed by atoms with Gasteiger partial charge in [0, 0.05) is 17.6 Å². The standard InChI is InChI=1S/C16H22N2/c1-6-13-9-17-15(10(13)3)8-16-11(4)14(7-2)12(5)18-16/h8-9,18H,6-7H2,1-5H3/b15-8-. The molecule has 0 radical (unpaired) electrons. The van der Waals surface area contributed by atoms with Crippen LogP contribution in [0.2, 0.25) is 0 Å². The van der Waals surface area contributed by atoms with Gasteiger partial charge in [-0.25, -0.2) is 0 Å². The lowest BCUT2D eigenvalue weighted by molar-refractivity contribution is 1.08. The first-order chi connectivity index (χ1) is 8.58. The van der Waals surface area contributed by atoms with Crippen LogP contribution >= 0.6 is 0 Å². The minimum atomic E-state index is 1.05. The van der Waals surface area contributed by atoms with Gasteiger partial charge in [0.1, 0.15) is 0 Å². The van der Waals surface area contributed by atoms with Crippen LogP contribution in [0.3, 0.4) is 0 Å². The summed E-state index contributed by atoms with van der Waals surface area (Å²) in [6, 6.07) is 0. The highest BCUT2D eigenvalue weighted by molar-refractivity contribution is 5.87. The zero-order valence-corrected chi connectivity index (χ0v) is 12.0. The van der Waals surface area contributed by atoms with Crippen LogP contribution in [0.4, 0.5) is 0 Å². The van der Waals surface area contributed by atoms with Crippen LogP contribution in [0.25, 0.3) is 6.08 Å². The fourth-order valence-corrected chi connectivity index (χ4v) is 2.63. The largest absolute Gasteiger partial charge is 0.359 e. The summed E-state index contributed by atoms with van der Waals surface area (Å²) in [6.07, 6.45) is 6.30. The summed E-state index contributed by atoms with van der Waals surface area (Å²) in [5.74, 6) is 0. The van der Waals surface area contributed by atoms with Crippen LogP contribution in [0.1, 0.15) is 49.7 Å². The van der Waals surface area contributed by atoms with Gasteiger partial charge in [0.2, 0.25) is 0 Å². The van der Waals surface area contributed by atoms with E-state index < -0.39 is 0 Å². The first-order valence-electron chi connectivity index (χ1n) is 6.72. The highest BCUT2D eigenvalue weighted by Gasteiger charge is 2.13. The Morgan fingerprint density at radius 1 is 1.17 bits per heavy atom. The Morgan fingerprint density at radius 2 is 1.89 bits per heavy atom. The molecule has 2 rings (SSSR count). The summed E-state index contributed by atoms with van der Waals surface area (Å²) in [6.45, 7) is 10.9. The molecule has 2 heteroatoms. The molecule has 0 fully saturated rings. The SMILES string of the molecule is CCC1=C(C)/C(=C/c2[nH]c(C)c(CC)c2C)N=C1. The second-order valence-electron chi connectivity index (χ2n) is 4.91. The lowest BCUT2D eigenvalue weighted by Gasteiger charge is -2.00. The smallest absolute Gasteiger partial charge is 0.0682 e. The Bertz CT molecular complexity index is 554. The van der Waals surface area contributed by atoms with Gasteiger partial charge in [-0.1, -0.05) is 13.8 Å². The molecule has 18 heavy (non-hydrogen) atoms. The van der Waals surface area contributed by atoms with Gasteiger partial charge in [-0.3, -0.25) is 4.99 Å². The van der Waals surface area contributed by atoms with Crippen molar-refractivity contribution in [3.8, 4) is 0 Å². The molecular formula is C16H22N2. The maximum absolute atomic E-state index is 4.51. The van der Waals surface area contributed by atoms with Crippen LogP contribution in [0.15, 0.2) is 21.8 Å². The first-order valence-corrected chi connectivity index (χ1v) is 6.72. The van der Waals surface area contributed by atoms with E-state index in [0.717, 1.165) is 18.5 Å². The average Bonchev–Trinajstić information content (AvgIpc) is 2.82. The van der Waals surface area contributed by atoms with Crippen molar-refractivity contribution < 1.29 is 0 Å². The van der Waals surface area contributed by atoms with Gasteiger partial charge in [0.15, 0.2) is 0 Å². The molecule has 0 unspecified atom stereocenters. The number of nitrogens with zero attached hydrogens (tertiary/aromatic N) is 1. The predicted molar refractivity (Wildman–Crippen MR) is 79.1 cm³/mol. The minimum absolute atomic E-state index is 1.05. The molecule has 0 amide bonds. The van der Waals surface area contributed by atoms with Gasteiger partial charge >= 0.3 is 0 Å². The molecule has 0 saturated heterocycles. The van der Waals surface area contributed by atoms with Crippen LogP contribution in [0.5, 0.6) is 0 Å². The van der Waals surface area contributed by atoms with Gasteiger partial charge in [-0.2, -0.15) is 0 Å². The summed E-state index contributed by atoms with van der Waals surface area (Å²) >= 11 is 0. The van der Waals surface area contributed by atoms with Gasteiger partial charge < -0.3 is 4.98 Å². The van der Waals surface area contributed by atoms with E-state index in [2.05, 4.69) is 50.7 Å². The number of rotatable bonds is 3. The molecule has 96 valence electrons. The Kier molecular flexibility index (Phi) is 3.55. The highest BCUT2D eigenvalue weighted by Crippen LogP contribution is 2.27. The lowest BCUT2D eigenvalue weighted by atomic mass is 10.1. The van der Waals surface area contributed by atoms with Gasteiger partial charge in [-0.15, -0.1) is 0 Å². The number of aromatic nitrogens is 1. The van der Waals surface area contributed by atoms with E-state index in [0.29, 0.717) is 0 Å². The molecular weight excluding hydrogens is 220 g/mol. The fourth-order valence-electron chi connectivity index (χ4n) is 2.63. The van der Waals surface area contributed by atoms with Crippen molar-refractivity contribution >= 4 is 12.3 Å². The normalized spacial score (nSPS) is 17.3. The van der Waals surface area contributed by atoms with Crippen molar-refractivity contribution in [2.24, 2.45) is 4.99 Å². The van der Waals surface area contributed by atoms with E-state index in [4.69, 9.17) is 0 Å². The molecule has 2 heterocycles. The summed E-state index contributed by atoms with van der Waals surface area (Å²) in [7, 11) is 0. The second-order valence-corrected chi connectivity index (χ2v) is 4.91. The summed E-state index contributed by atoms with van der Waals surface area (Å²) < 4.78 is 0. The van der Waals surface area contributed by atoms with Crippen molar-refractivity contribution in [2.45, 2.75) is 47.5 Å². The van der Waals surface area contributed by atoms with Crippen molar-refractivity contribution in [1.29, 1.82) is 0 Å². The third-order valence-corrected chi connectivity index (χ3v) is 3.87. The van der Waals surface area contributed by atoms with Crippen molar-refractivity contribution in [2.75, 3.05) is 0 Å². The van der Waals surface area contributed by atoms with E-state index >= 15 is 0 Å². The van der Waals surface area contributed by atoms with Crippen LogP contribution in [-0.2, 0) is 6.42 Å². The third-order valence-electron chi connectivity index (χ3n) is 3.87. The van der Waals surface area contributed by atoms with E-state index in [1.807, 2.05) is 6.21 Å². The molecule has 0 atom stereocenters. The highest BCUT2D eigenvalue weighted by atomic mass is 14.8. The number of nitrogens with one attached hydrogen (secondary N) is 1. The zero-order chi connectivity index (χ0) is 13.3. The van der Waals surface area contributed by atoms with Crippen molar-refractivity contribution in [1.82, 2.24) is 4.98 Å². The number of hydrogen-bond acceptors (Lipinski definition) is 1. The summed E-state index contributed by atoms with van der Waals surface area (Å²) in [5.41, 5.74) is 9.02. The van der Waals surface area contributed by atoms with Gasteiger partial charge in [0.05, 0.1) is 5.70 Å². The van der Waals surface area contributed by atoms with Gasteiger partial charge in [0.25, 0.3) is 0 Å². The van der Waals surface area contributed by atoms with E-state index in [9.17, 15) is 0 Å². The van der Waals surface area contributed by atoms with E-state index in [-0.39, 0.29) is 0 Å². The average molecular weight is 242 g/mol. The van der Waals surface area contributed by atoms with E-state index in [1.165, 1.54) is 33.7 Å². The summed E-state index contributed by atoms with van der Waals surface area (Å²) in [5, 5.41) is 0. The minimum Gasteiger partial charge on any atom is -0.359 e. The molecule has 0 bridgehead atoms. The molecule has 0 spiro atoms. The first kappa shape index (κ1) is 12.9. The predicted octanol–water partition coefficient (Wildman–Crippen LogP) is 4.35. The lowest BCUT2D eigenvalue weighted by Crippen LogP contribution is -1.85. The van der Waals surface area contributed by atoms with Gasteiger partial charge in [-0.05, 0) is 62.0 Å². The fraction of sp³-hybridized carbons (Fsp3) is 0.438. The van der Waals surface area contributed by atoms with Crippen LogP contribution in [-0.4, -0.2) is 11.2 Å². The maximum atomic E-state index is 4.51. The number of allylic oxidation sites excluding steroid dienone is 2.